The highest BCUT2D eigenvalue weighted by molar-refractivity contribution is 5.70. The summed E-state index contributed by atoms with van der Waals surface area (Å²) in [7, 11) is 0. The van der Waals surface area contributed by atoms with Crippen LogP contribution in [-0.4, -0.2) is 21.0 Å². The molecule has 0 radical (unpaired) electrons. The third-order valence-electron chi connectivity index (χ3n) is 4.80. The van der Waals surface area contributed by atoms with Gasteiger partial charge in [0.2, 0.25) is 0 Å². The standard InChI is InChI=1S/C14H18N4/c1-7-2-5-10-13(16-7)18-14(17-10)11-8-3-4-9(6-8)12(11)15/h2,5,8-9,11-12H,3-4,6,15H2,1H3,(H,16,17,18). The van der Waals surface area contributed by atoms with Gasteiger partial charge in [0.15, 0.2) is 5.65 Å². The lowest BCUT2D eigenvalue weighted by Gasteiger charge is -2.26. The lowest BCUT2D eigenvalue weighted by atomic mass is 9.84. The molecule has 0 spiro atoms. The van der Waals surface area contributed by atoms with E-state index in [1.54, 1.807) is 0 Å². The van der Waals surface area contributed by atoms with E-state index in [9.17, 15) is 0 Å². The molecule has 18 heavy (non-hydrogen) atoms. The third-order valence-corrected chi connectivity index (χ3v) is 4.80. The number of H-pyrrole nitrogens is 1. The van der Waals surface area contributed by atoms with E-state index in [0.717, 1.165) is 28.6 Å². The molecule has 94 valence electrons. The Kier molecular flexibility index (Phi) is 2.07. The van der Waals surface area contributed by atoms with E-state index in [1.165, 1.54) is 19.3 Å². The summed E-state index contributed by atoms with van der Waals surface area (Å²) in [6, 6.07) is 4.36. The summed E-state index contributed by atoms with van der Waals surface area (Å²) < 4.78 is 0. The second-order valence-corrected chi connectivity index (χ2v) is 5.88. The number of imidazole rings is 1. The molecule has 2 aromatic heterocycles. The first-order valence-electron chi connectivity index (χ1n) is 6.81. The number of nitrogens with zero attached hydrogens (tertiary/aromatic N) is 2. The van der Waals surface area contributed by atoms with Crippen molar-refractivity contribution in [3.05, 3.63) is 23.7 Å². The first kappa shape index (κ1) is 10.5. The Bertz CT molecular complexity index is 601. The quantitative estimate of drug-likeness (QED) is 0.804. The van der Waals surface area contributed by atoms with Gasteiger partial charge in [-0.25, -0.2) is 9.97 Å². The van der Waals surface area contributed by atoms with E-state index in [4.69, 9.17) is 5.73 Å². The maximum atomic E-state index is 6.37. The molecule has 4 unspecified atom stereocenters. The molecule has 4 rings (SSSR count). The predicted octanol–water partition coefficient (Wildman–Crippen LogP) is 2.11. The Balaban J connectivity index is 1.78. The first-order valence-corrected chi connectivity index (χ1v) is 6.81. The summed E-state index contributed by atoms with van der Waals surface area (Å²) in [5.74, 6) is 2.91. The Hall–Kier alpha value is -1.42. The molecule has 0 saturated heterocycles. The van der Waals surface area contributed by atoms with E-state index in [1.807, 2.05) is 13.0 Å². The number of pyridine rings is 1. The van der Waals surface area contributed by atoms with Crippen LogP contribution < -0.4 is 5.73 Å². The molecular formula is C14H18N4. The van der Waals surface area contributed by atoms with Gasteiger partial charge in [-0.15, -0.1) is 0 Å². The molecule has 2 aliphatic carbocycles. The van der Waals surface area contributed by atoms with E-state index in [0.29, 0.717) is 11.8 Å². The molecule has 2 bridgehead atoms. The van der Waals surface area contributed by atoms with Crippen LogP contribution in [0.15, 0.2) is 12.1 Å². The molecule has 2 heterocycles. The lowest BCUT2D eigenvalue weighted by Crippen LogP contribution is -2.34. The summed E-state index contributed by atoms with van der Waals surface area (Å²) in [6.45, 7) is 2.00. The molecule has 4 atom stereocenters. The van der Waals surface area contributed by atoms with Crippen LogP contribution in [0.25, 0.3) is 11.2 Å². The van der Waals surface area contributed by atoms with Gasteiger partial charge in [0.25, 0.3) is 0 Å². The van der Waals surface area contributed by atoms with Gasteiger partial charge in [-0.3, -0.25) is 0 Å². The van der Waals surface area contributed by atoms with Crippen LogP contribution in [0.1, 0.15) is 36.7 Å². The maximum Gasteiger partial charge on any atom is 0.177 e. The second kappa shape index (κ2) is 3.54. The van der Waals surface area contributed by atoms with Crippen molar-refractivity contribution in [1.29, 1.82) is 0 Å². The van der Waals surface area contributed by atoms with Crippen molar-refractivity contribution in [2.75, 3.05) is 0 Å². The van der Waals surface area contributed by atoms with Crippen LogP contribution in [-0.2, 0) is 0 Å². The minimum atomic E-state index is 0.283. The Morgan fingerprint density at radius 1 is 1.22 bits per heavy atom. The first-order chi connectivity index (χ1) is 8.72. The zero-order chi connectivity index (χ0) is 12.3. The van der Waals surface area contributed by atoms with E-state index >= 15 is 0 Å². The Morgan fingerprint density at radius 3 is 2.83 bits per heavy atom. The number of nitrogens with two attached hydrogens (primary N) is 1. The van der Waals surface area contributed by atoms with Crippen molar-refractivity contribution in [3.63, 3.8) is 0 Å². The molecule has 0 aromatic carbocycles. The second-order valence-electron chi connectivity index (χ2n) is 5.88. The smallest absolute Gasteiger partial charge is 0.177 e. The number of rotatable bonds is 1. The average Bonchev–Trinajstić information content (AvgIpc) is 3.00. The van der Waals surface area contributed by atoms with Gasteiger partial charge >= 0.3 is 0 Å². The predicted molar refractivity (Wildman–Crippen MR) is 70.2 cm³/mol. The number of aryl methyl sites for hydroxylation is 1. The molecule has 3 N–H and O–H groups in total. The van der Waals surface area contributed by atoms with Crippen molar-refractivity contribution < 1.29 is 0 Å². The summed E-state index contributed by atoms with van der Waals surface area (Å²) in [6.07, 6.45) is 3.90. The highest BCUT2D eigenvalue weighted by Gasteiger charge is 2.47. The van der Waals surface area contributed by atoms with Crippen molar-refractivity contribution in [2.24, 2.45) is 17.6 Å². The normalized spacial score (nSPS) is 34.6. The molecule has 2 aromatic rings. The summed E-state index contributed by atoms with van der Waals surface area (Å²) >= 11 is 0. The SMILES string of the molecule is Cc1ccc2[nH]c(C3C4CCC(C4)C3N)nc2n1. The highest BCUT2D eigenvalue weighted by atomic mass is 15.0. The monoisotopic (exact) mass is 242 g/mol. The van der Waals surface area contributed by atoms with Gasteiger partial charge in [-0.05, 0) is 50.2 Å². The molecule has 4 heteroatoms. The zero-order valence-corrected chi connectivity index (χ0v) is 10.6. The number of aromatic amines is 1. The zero-order valence-electron chi connectivity index (χ0n) is 10.6. The van der Waals surface area contributed by atoms with Gasteiger partial charge in [0.05, 0.1) is 5.52 Å². The maximum absolute atomic E-state index is 6.37. The van der Waals surface area contributed by atoms with Gasteiger partial charge in [0.1, 0.15) is 5.82 Å². The van der Waals surface area contributed by atoms with E-state index in [2.05, 4.69) is 21.0 Å². The summed E-state index contributed by atoms with van der Waals surface area (Å²) in [4.78, 5) is 12.6. The minimum Gasteiger partial charge on any atom is -0.340 e. The average molecular weight is 242 g/mol. The molecule has 2 saturated carbocycles. The van der Waals surface area contributed by atoms with Crippen LogP contribution in [0.4, 0.5) is 0 Å². The number of hydrogen-bond donors (Lipinski definition) is 2. The van der Waals surface area contributed by atoms with Gasteiger partial charge < -0.3 is 10.7 Å². The fourth-order valence-electron chi connectivity index (χ4n) is 3.91. The Labute approximate surface area is 106 Å². The van der Waals surface area contributed by atoms with Crippen LogP contribution in [0.5, 0.6) is 0 Å². The van der Waals surface area contributed by atoms with Crippen molar-refractivity contribution in [3.8, 4) is 0 Å². The minimum absolute atomic E-state index is 0.283. The fourth-order valence-corrected chi connectivity index (χ4v) is 3.91. The number of aromatic nitrogens is 3. The lowest BCUT2D eigenvalue weighted by molar-refractivity contribution is 0.356. The molecule has 4 nitrogen and oxygen atoms in total. The molecule has 0 aliphatic heterocycles. The van der Waals surface area contributed by atoms with Crippen LogP contribution in [0.2, 0.25) is 0 Å². The Morgan fingerprint density at radius 2 is 2.06 bits per heavy atom. The van der Waals surface area contributed by atoms with Crippen molar-refractivity contribution >= 4 is 11.2 Å². The molecule has 0 amide bonds. The molecular weight excluding hydrogens is 224 g/mol. The highest BCUT2D eigenvalue weighted by Crippen LogP contribution is 2.51. The summed E-state index contributed by atoms with van der Waals surface area (Å²) in [5.41, 5.74) is 9.25. The number of hydrogen-bond acceptors (Lipinski definition) is 3. The van der Waals surface area contributed by atoms with E-state index in [-0.39, 0.29) is 6.04 Å². The van der Waals surface area contributed by atoms with Crippen LogP contribution >= 0.6 is 0 Å². The molecule has 2 fully saturated rings. The number of fused-ring (bicyclic) bond motifs is 3. The van der Waals surface area contributed by atoms with Gasteiger partial charge in [-0.2, -0.15) is 0 Å². The van der Waals surface area contributed by atoms with Crippen molar-refractivity contribution in [1.82, 2.24) is 15.0 Å². The van der Waals surface area contributed by atoms with Crippen LogP contribution in [0, 0.1) is 18.8 Å². The fraction of sp³-hybridized carbons (Fsp3) is 0.571. The largest absolute Gasteiger partial charge is 0.340 e. The third kappa shape index (κ3) is 1.35. The van der Waals surface area contributed by atoms with Crippen molar-refractivity contribution in [2.45, 2.75) is 38.1 Å². The van der Waals surface area contributed by atoms with E-state index < -0.39 is 0 Å². The summed E-state index contributed by atoms with van der Waals surface area (Å²) in [5, 5.41) is 0. The van der Waals surface area contributed by atoms with Gasteiger partial charge in [-0.1, -0.05) is 0 Å². The molecule has 2 aliphatic rings. The number of nitrogens with one attached hydrogen (secondary N) is 1. The van der Waals surface area contributed by atoms with Gasteiger partial charge in [0, 0.05) is 17.7 Å². The topological polar surface area (TPSA) is 67.6 Å². The van der Waals surface area contributed by atoms with Crippen LogP contribution in [0.3, 0.4) is 0 Å².